The summed E-state index contributed by atoms with van der Waals surface area (Å²) in [5, 5.41) is 14.2. The van der Waals surface area contributed by atoms with Crippen molar-refractivity contribution in [1.82, 2.24) is 5.32 Å². The Morgan fingerprint density at radius 3 is 2.29 bits per heavy atom. The van der Waals surface area contributed by atoms with E-state index in [9.17, 15) is 24.3 Å². The van der Waals surface area contributed by atoms with Crippen LogP contribution in [-0.4, -0.2) is 63.4 Å². The molecule has 11 nitrogen and oxygen atoms in total. The average molecular weight is 700 g/mol. The Labute approximate surface area is 297 Å². The van der Waals surface area contributed by atoms with Crippen LogP contribution in [0, 0.1) is 5.41 Å². The minimum absolute atomic E-state index is 0.00546. The third-order valence-electron chi connectivity index (χ3n) is 11.1. The van der Waals surface area contributed by atoms with E-state index in [1.54, 1.807) is 39.4 Å². The summed E-state index contributed by atoms with van der Waals surface area (Å²) >= 11 is 0. The molecule has 1 amide bonds. The van der Waals surface area contributed by atoms with Crippen LogP contribution < -0.4 is 29.7 Å². The summed E-state index contributed by atoms with van der Waals surface area (Å²) in [6, 6.07) is 6.24. The van der Waals surface area contributed by atoms with Crippen molar-refractivity contribution in [2.24, 2.45) is 5.41 Å². The molecule has 1 fully saturated rings. The van der Waals surface area contributed by atoms with Crippen molar-refractivity contribution in [3.8, 4) is 34.1 Å². The SMILES string of the molecule is COc1cc2c(c(OC)c1OC)-c1ccc(OC)c(=O)cc1[C@@H](NC(=O)CCCC(=O)OCC1=C(C)C=C3C(=O)[C@@](C)(O)C4(CC4)C(C)=C31)CC2. The monoisotopic (exact) mass is 699 g/mol. The van der Waals surface area contributed by atoms with Crippen LogP contribution in [0.5, 0.6) is 23.0 Å². The van der Waals surface area contributed by atoms with Crippen LogP contribution in [0.2, 0.25) is 0 Å². The highest BCUT2D eigenvalue weighted by molar-refractivity contribution is 6.10. The van der Waals surface area contributed by atoms with Crippen LogP contribution >= 0.6 is 0 Å². The topological polar surface area (TPSA) is 147 Å². The molecule has 51 heavy (non-hydrogen) atoms. The van der Waals surface area contributed by atoms with Gasteiger partial charge in [0.05, 0.1) is 34.5 Å². The number of benzene rings is 1. The molecule has 0 saturated heterocycles. The zero-order chi connectivity index (χ0) is 36.8. The van der Waals surface area contributed by atoms with E-state index in [1.165, 1.54) is 20.3 Å². The number of fused-ring (bicyclic) bond motifs is 4. The number of methoxy groups -OCH3 is 4. The summed E-state index contributed by atoms with van der Waals surface area (Å²) in [4.78, 5) is 52.6. The van der Waals surface area contributed by atoms with Gasteiger partial charge in [-0.25, -0.2) is 0 Å². The van der Waals surface area contributed by atoms with Crippen molar-refractivity contribution in [3.63, 3.8) is 0 Å². The molecule has 1 spiro atoms. The largest absolute Gasteiger partial charge is 0.493 e. The number of carbonyl (C=O) groups excluding carboxylic acids is 3. The number of aryl methyl sites for hydroxylation is 1. The molecule has 4 aliphatic rings. The maximum absolute atomic E-state index is 13.3. The second kappa shape index (κ2) is 13.7. The number of aliphatic hydroxyl groups is 1. The lowest BCUT2D eigenvalue weighted by Crippen LogP contribution is -2.49. The molecule has 1 saturated carbocycles. The first-order valence-corrected chi connectivity index (χ1v) is 17.2. The van der Waals surface area contributed by atoms with Gasteiger partial charge >= 0.3 is 5.97 Å². The van der Waals surface area contributed by atoms with Crippen LogP contribution in [0.1, 0.15) is 76.5 Å². The second-order valence-electron chi connectivity index (χ2n) is 13.8. The molecule has 0 radical (unpaired) electrons. The number of hydrogen-bond donors (Lipinski definition) is 2. The zero-order valence-electron chi connectivity index (χ0n) is 30.2. The Hall–Kier alpha value is -4.90. The van der Waals surface area contributed by atoms with Gasteiger partial charge < -0.3 is 34.1 Å². The molecule has 11 heteroatoms. The molecule has 0 heterocycles. The molecule has 0 aromatic heterocycles. The smallest absolute Gasteiger partial charge is 0.306 e. The molecular weight excluding hydrogens is 654 g/mol. The number of nitrogens with one attached hydrogen (secondary N) is 1. The molecule has 0 aliphatic heterocycles. The summed E-state index contributed by atoms with van der Waals surface area (Å²) in [6.07, 6.45) is 4.62. The van der Waals surface area contributed by atoms with Gasteiger partial charge in [-0.1, -0.05) is 11.6 Å². The normalized spacial score (nSPS) is 21.2. The number of ether oxygens (including phenoxy) is 5. The van der Waals surface area contributed by atoms with Crippen molar-refractivity contribution in [1.29, 1.82) is 0 Å². The number of Topliss-reactive ketones (excluding diaryl/α,β-unsaturated/α-hetero) is 1. The summed E-state index contributed by atoms with van der Waals surface area (Å²) in [6.45, 7) is 5.44. The Bertz CT molecular complexity index is 1980. The lowest BCUT2D eigenvalue weighted by atomic mass is 9.67. The molecule has 0 unspecified atom stereocenters. The van der Waals surface area contributed by atoms with Gasteiger partial charge in [-0.3, -0.25) is 19.2 Å². The van der Waals surface area contributed by atoms with E-state index in [2.05, 4.69) is 5.32 Å². The van der Waals surface area contributed by atoms with Crippen molar-refractivity contribution < 1.29 is 43.2 Å². The molecule has 2 atom stereocenters. The number of amides is 1. The van der Waals surface area contributed by atoms with Crippen LogP contribution in [0.15, 0.2) is 63.0 Å². The molecule has 0 bridgehead atoms. The maximum Gasteiger partial charge on any atom is 0.306 e. The first-order valence-electron chi connectivity index (χ1n) is 17.2. The lowest BCUT2D eigenvalue weighted by Gasteiger charge is -2.39. The van der Waals surface area contributed by atoms with Gasteiger partial charge in [0.2, 0.25) is 17.1 Å². The van der Waals surface area contributed by atoms with Crippen molar-refractivity contribution in [2.75, 3.05) is 35.0 Å². The molecule has 270 valence electrons. The van der Waals surface area contributed by atoms with Crippen LogP contribution in [0.25, 0.3) is 11.1 Å². The fourth-order valence-corrected chi connectivity index (χ4v) is 8.10. The summed E-state index contributed by atoms with van der Waals surface area (Å²) in [7, 11) is 6.05. The molecule has 2 aromatic rings. The first-order chi connectivity index (χ1) is 24.3. The number of carbonyl (C=O) groups is 3. The highest BCUT2D eigenvalue weighted by Crippen LogP contribution is 2.65. The molecular formula is C40H45NO10. The fourth-order valence-electron chi connectivity index (χ4n) is 8.10. The number of allylic oxidation sites excluding steroid dienone is 2. The van der Waals surface area contributed by atoms with Gasteiger partial charge in [0.25, 0.3) is 0 Å². The molecule has 4 aliphatic carbocycles. The Morgan fingerprint density at radius 1 is 0.941 bits per heavy atom. The highest BCUT2D eigenvalue weighted by Gasteiger charge is 2.65. The number of esters is 1. The third kappa shape index (κ3) is 6.01. The lowest BCUT2D eigenvalue weighted by molar-refractivity contribution is -0.142. The van der Waals surface area contributed by atoms with Crippen molar-refractivity contribution in [2.45, 2.75) is 77.4 Å². The zero-order valence-corrected chi connectivity index (χ0v) is 30.2. The van der Waals surface area contributed by atoms with Gasteiger partial charge in [-0.05, 0) is 105 Å². The highest BCUT2D eigenvalue weighted by atomic mass is 16.5. The van der Waals surface area contributed by atoms with E-state index in [4.69, 9.17) is 23.7 Å². The molecule has 2 N–H and O–H groups in total. The van der Waals surface area contributed by atoms with Gasteiger partial charge in [0, 0.05) is 35.0 Å². The van der Waals surface area contributed by atoms with E-state index >= 15 is 0 Å². The van der Waals surface area contributed by atoms with Gasteiger partial charge in [-0.15, -0.1) is 0 Å². The van der Waals surface area contributed by atoms with E-state index < -0.39 is 23.0 Å². The van der Waals surface area contributed by atoms with Gasteiger partial charge in [0.15, 0.2) is 23.0 Å². The molecule has 2 aromatic carbocycles. The van der Waals surface area contributed by atoms with E-state index in [0.717, 1.165) is 46.3 Å². The minimum Gasteiger partial charge on any atom is -0.493 e. The van der Waals surface area contributed by atoms with E-state index in [-0.39, 0.29) is 48.7 Å². The Kier molecular flexibility index (Phi) is 9.63. The predicted molar refractivity (Wildman–Crippen MR) is 189 cm³/mol. The second-order valence-corrected chi connectivity index (χ2v) is 13.8. The average Bonchev–Trinajstić information content (AvgIpc) is 3.90. The fraction of sp³-hybridized carbons (Fsp3) is 0.450. The minimum atomic E-state index is -1.45. The van der Waals surface area contributed by atoms with E-state index in [0.29, 0.717) is 46.8 Å². The van der Waals surface area contributed by atoms with Crippen LogP contribution in [0.4, 0.5) is 0 Å². The maximum atomic E-state index is 13.3. The number of ketones is 1. The van der Waals surface area contributed by atoms with Crippen LogP contribution in [0.3, 0.4) is 0 Å². The predicted octanol–water partition coefficient (Wildman–Crippen LogP) is 5.25. The Morgan fingerprint density at radius 2 is 1.65 bits per heavy atom. The first kappa shape index (κ1) is 35.9. The van der Waals surface area contributed by atoms with Crippen molar-refractivity contribution >= 4 is 17.7 Å². The van der Waals surface area contributed by atoms with Crippen LogP contribution in [-0.2, 0) is 25.5 Å². The number of rotatable bonds is 11. The van der Waals surface area contributed by atoms with Gasteiger partial charge in [-0.2, -0.15) is 0 Å². The quantitative estimate of drug-likeness (QED) is 0.298. The summed E-state index contributed by atoms with van der Waals surface area (Å²) in [5.41, 5.74) is 4.44. The third-order valence-corrected chi connectivity index (χ3v) is 11.1. The summed E-state index contributed by atoms with van der Waals surface area (Å²) in [5.74, 6) is 0.507. The molecule has 6 rings (SSSR count). The van der Waals surface area contributed by atoms with Gasteiger partial charge in [0.1, 0.15) is 12.2 Å². The Balaban J connectivity index is 1.14. The summed E-state index contributed by atoms with van der Waals surface area (Å²) < 4.78 is 28.1. The standard InChI is InChI=1S/C40H45NO10/c1-21-17-26-34(22(2)40(15-16-40)39(3,46)38(26)45)27(21)20-51-33(44)10-8-9-32(43)41-28-13-11-23-18-31(48-5)36(49-6)37(50-7)35(23)24-12-14-30(47-4)29(42)19-25(24)28/h12,14,17-19,28,46H,8-11,13,15-16,20H2,1-7H3,(H,41,43)/t28-,39+/m0/s1. The number of hydrogen-bond acceptors (Lipinski definition) is 10. The van der Waals surface area contributed by atoms with Crippen molar-refractivity contribution in [3.05, 3.63) is 79.6 Å². The van der Waals surface area contributed by atoms with E-state index in [1.807, 2.05) is 19.9 Å².